The van der Waals surface area contributed by atoms with Crippen molar-refractivity contribution in [1.82, 2.24) is 5.32 Å². The molecule has 0 radical (unpaired) electrons. The Hall–Kier alpha value is -0.840. The van der Waals surface area contributed by atoms with Crippen LogP contribution < -0.4 is 10.1 Å². The van der Waals surface area contributed by atoms with Gasteiger partial charge < -0.3 is 15.2 Å². The van der Waals surface area contributed by atoms with Gasteiger partial charge in [-0.1, -0.05) is 22.9 Å². The molecule has 0 fully saturated rings. The van der Waals surface area contributed by atoms with Crippen LogP contribution in [0.4, 0.5) is 0 Å². The lowest BCUT2D eigenvalue weighted by Gasteiger charge is -2.29. The van der Waals surface area contributed by atoms with E-state index in [1.807, 2.05) is 19.1 Å². The molecule has 2 N–H and O–H groups in total. The lowest BCUT2D eigenvalue weighted by Crippen LogP contribution is -2.46. The van der Waals surface area contributed by atoms with Crippen LogP contribution in [-0.2, 0) is 0 Å². The van der Waals surface area contributed by atoms with Crippen molar-refractivity contribution in [2.75, 3.05) is 19.8 Å². The number of hydrogen-bond donors (Lipinski definition) is 2. The first kappa shape index (κ1) is 14.6. The number of ether oxygens (including phenoxy) is 1. The standard InChI is InChI=1S/C15H20BrNO2/c1-3-15(2,10-18)17-8-11-6-12-7-13(16)4-5-14(12)19-9-11/h4-7,17-18H,3,8-10H2,1-2H3. The summed E-state index contributed by atoms with van der Waals surface area (Å²) in [6.07, 6.45) is 3.05. The Morgan fingerprint density at radius 1 is 1.47 bits per heavy atom. The molecule has 1 atom stereocenters. The van der Waals surface area contributed by atoms with Crippen LogP contribution in [0.3, 0.4) is 0 Å². The van der Waals surface area contributed by atoms with Crippen molar-refractivity contribution in [1.29, 1.82) is 0 Å². The molecular formula is C15H20BrNO2. The summed E-state index contributed by atoms with van der Waals surface area (Å²) in [5, 5.41) is 12.8. The number of nitrogens with one attached hydrogen (secondary N) is 1. The van der Waals surface area contributed by atoms with Crippen LogP contribution in [0.5, 0.6) is 5.75 Å². The molecular weight excluding hydrogens is 306 g/mol. The van der Waals surface area contributed by atoms with Gasteiger partial charge in [-0.25, -0.2) is 0 Å². The second kappa shape index (κ2) is 6.07. The van der Waals surface area contributed by atoms with Gasteiger partial charge in [0.1, 0.15) is 12.4 Å². The molecule has 0 bridgehead atoms. The van der Waals surface area contributed by atoms with E-state index in [9.17, 15) is 5.11 Å². The molecule has 1 aliphatic rings. The molecule has 104 valence electrons. The Morgan fingerprint density at radius 2 is 2.26 bits per heavy atom. The van der Waals surface area contributed by atoms with Crippen molar-refractivity contribution in [2.45, 2.75) is 25.8 Å². The summed E-state index contributed by atoms with van der Waals surface area (Å²) < 4.78 is 6.78. The maximum Gasteiger partial charge on any atom is 0.127 e. The molecule has 1 aliphatic heterocycles. The Kier molecular flexibility index (Phi) is 4.66. The minimum absolute atomic E-state index is 0.139. The monoisotopic (exact) mass is 325 g/mol. The molecule has 0 saturated heterocycles. The summed E-state index contributed by atoms with van der Waals surface area (Å²) in [4.78, 5) is 0. The molecule has 3 nitrogen and oxygen atoms in total. The van der Waals surface area contributed by atoms with Crippen molar-refractivity contribution in [3.8, 4) is 5.75 Å². The molecule has 0 amide bonds. The van der Waals surface area contributed by atoms with Crippen LogP contribution in [0.25, 0.3) is 6.08 Å². The third-order valence-corrected chi connectivity index (χ3v) is 4.11. The van der Waals surface area contributed by atoms with Gasteiger partial charge in [0.2, 0.25) is 0 Å². The van der Waals surface area contributed by atoms with Crippen molar-refractivity contribution >= 4 is 22.0 Å². The van der Waals surface area contributed by atoms with Gasteiger partial charge in [-0.15, -0.1) is 0 Å². The lowest BCUT2D eigenvalue weighted by molar-refractivity contribution is 0.172. The predicted molar refractivity (Wildman–Crippen MR) is 81.4 cm³/mol. The first-order valence-corrected chi connectivity index (χ1v) is 7.33. The van der Waals surface area contributed by atoms with Gasteiger partial charge >= 0.3 is 0 Å². The molecule has 1 unspecified atom stereocenters. The molecule has 2 rings (SSSR count). The van der Waals surface area contributed by atoms with Crippen molar-refractivity contribution in [3.63, 3.8) is 0 Å². The molecule has 1 heterocycles. The Labute approximate surface area is 122 Å². The number of hydrogen-bond acceptors (Lipinski definition) is 3. The van der Waals surface area contributed by atoms with Gasteiger partial charge in [0.05, 0.1) is 6.61 Å². The Balaban J connectivity index is 2.07. The number of rotatable bonds is 5. The highest BCUT2D eigenvalue weighted by atomic mass is 79.9. The maximum atomic E-state index is 9.39. The summed E-state index contributed by atoms with van der Waals surface area (Å²) >= 11 is 3.47. The van der Waals surface area contributed by atoms with Crippen molar-refractivity contribution in [2.24, 2.45) is 0 Å². The van der Waals surface area contributed by atoms with E-state index < -0.39 is 0 Å². The molecule has 1 aromatic carbocycles. The fourth-order valence-electron chi connectivity index (χ4n) is 1.92. The number of halogens is 1. The summed E-state index contributed by atoms with van der Waals surface area (Å²) in [7, 11) is 0. The Bertz CT molecular complexity index is 481. The van der Waals surface area contributed by atoms with E-state index in [4.69, 9.17) is 4.74 Å². The van der Waals surface area contributed by atoms with E-state index in [0.29, 0.717) is 6.61 Å². The van der Waals surface area contributed by atoms with Crippen molar-refractivity contribution < 1.29 is 9.84 Å². The first-order chi connectivity index (χ1) is 9.06. The van der Waals surface area contributed by atoms with Gasteiger partial charge in [0.15, 0.2) is 0 Å². The summed E-state index contributed by atoms with van der Waals surface area (Å²) in [6, 6.07) is 6.01. The first-order valence-electron chi connectivity index (χ1n) is 6.54. The van der Waals surface area contributed by atoms with Gasteiger partial charge in [-0.05, 0) is 43.2 Å². The largest absolute Gasteiger partial charge is 0.489 e. The van der Waals surface area contributed by atoms with E-state index in [0.717, 1.165) is 28.8 Å². The Morgan fingerprint density at radius 3 is 2.95 bits per heavy atom. The van der Waals surface area contributed by atoms with Crippen LogP contribution in [-0.4, -0.2) is 30.4 Å². The van der Waals surface area contributed by atoms with Gasteiger partial charge in [-0.3, -0.25) is 0 Å². The molecule has 0 aliphatic carbocycles. The molecule has 19 heavy (non-hydrogen) atoms. The van der Waals surface area contributed by atoms with Crippen LogP contribution >= 0.6 is 15.9 Å². The molecule has 0 spiro atoms. The second-order valence-corrected chi connectivity index (χ2v) is 6.11. The van der Waals surface area contributed by atoms with Crippen LogP contribution in [0.15, 0.2) is 28.2 Å². The van der Waals surface area contributed by atoms with Gasteiger partial charge in [-0.2, -0.15) is 0 Å². The zero-order chi connectivity index (χ0) is 13.9. The smallest absolute Gasteiger partial charge is 0.127 e. The molecule has 4 heteroatoms. The molecule has 1 aromatic rings. The van der Waals surface area contributed by atoms with E-state index in [1.165, 1.54) is 5.57 Å². The summed E-state index contributed by atoms with van der Waals surface area (Å²) in [5.74, 6) is 0.923. The minimum atomic E-state index is -0.224. The number of fused-ring (bicyclic) bond motifs is 1. The third-order valence-electron chi connectivity index (χ3n) is 3.62. The fraction of sp³-hybridized carbons (Fsp3) is 0.467. The highest BCUT2D eigenvalue weighted by Crippen LogP contribution is 2.29. The van der Waals surface area contributed by atoms with E-state index in [1.54, 1.807) is 0 Å². The summed E-state index contributed by atoms with van der Waals surface area (Å²) in [6.45, 7) is 5.58. The van der Waals surface area contributed by atoms with Crippen LogP contribution in [0, 0.1) is 0 Å². The van der Waals surface area contributed by atoms with E-state index in [-0.39, 0.29) is 12.1 Å². The average molecular weight is 326 g/mol. The fourth-order valence-corrected chi connectivity index (χ4v) is 2.30. The highest BCUT2D eigenvalue weighted by molar-refractivity contribution is 9.10. The predicted octanol–water partition coefficient (Wildman–Crippen LogP) is 2.98. The number of aliphatic hydroxyl groups is 1. The maximum absolute atomic E-state index is 9.39. The quantitative estimate of drug-likeness (QED) is 0.874. The normalized spacial score (nSPS) is 17.2. The van der Waals surface area contributed by atoms with E-state index in [2.05, 4.69) is 40.3 Å². The highest BCUT2D eigenvalue weighted by Gasteiger charge is 2.21. The minimum Gasteiger partial charge on any atom is -0.489 e. The second-order valence-electron chi connectivity index (χ2n) is 5.20. The van der Waals surface area contributed by atoms with Gasteiger partial charge in [0.25, 0.3) is 0 Å². The van der Waals surface area contributed by atoms with Crippen LogP contribution in [0.2, 0.25) is 0 Å². The third kappa shape index (κ3) is 3.59. The molecule has 0 saturated carbocycles. The SMILES string of the molecule is CCC(C)(CO)NCC1=Cc2cc(Br)ccc2OC1. The topological polar surface area (TPSA) is 41.5 Å². The summed E-state index contributed by atoms with van der Waals surface area (Å²) in [5.41, 5.74) is 2.07. The number of aliphatic hydroxyl groups excluding tert-OH is 1. The zero-order valence-corrected chi connectivity index (χ0v) is 13.0. The van der Waals surface area contributed by atoms with E-state index >= 15 is 0 Å². The van der Waals surface area contributed by atoms with Gasteiger partial charge in [0, 0.05) is 22.1 Å². The lowest BCUT2D eigenvalue weighted by atomic mass is 9.99. The molecule has 0 aromatic heterocycles. The van der Waals surface area contributed by atoms with Crippen molar-refractivity contribution in [3.05, 3.63) is 33.8 Å². The average Bonchev–Trinajstić information content (AvgIpc) is 2.44. The van der Waals surface area contributed by atoms with Crippen LogP contribution in [0.1, 0.15) is 25.8 Å². The zero-order valence-electron chi connectivity index (χ0n) is 11.4. The number of benzene rings is 1.